The lowest BCUT2D eigenvalue weighted by molar-refractivity contribution is -0.135. The summed E-state index contributed by atoms with van der Waals surface area (Å²) in [5.41, 5.74) is 2.97. The number of halogens is 1. The van der Waals surface area contributed by atoms with Gasteiger partial charge in [-0.25, -0.2) is 0 Å². The van der Waals surface area contributed by atoms with E-state index in [1.54, 1.807) is 4.90 Å². The van der Waals surface area contributed by atoms with Crippen molar-refractivity contribution in [1.82, 2.24) is 14.4 Å². The predicted molar refractivity (Wildman–Crippen MR) is 157 cm³/mol. The van der Waals surface area contributed by atoms with E-state index in [0.29, 0.717) is 24.6 Å². The molecule has 0 bridgehead atoms. The van der Waals surface area contributed by atoms with Crippen LogP contribution in [-0.2, 0) is 17.9 Å². The van der Waals surface area contributed by atoms with Crippen LogP contribution < -0.4 is 0 Å². The zero-order valence-electron chi connectivity index (χ0n) is 22.7. The van der Waals surface area contributed by atoms with Crippen LogP contribution in [-0.4, -0.2) is 45.3 Å². The van der Waals surface area contributed by atoms with Crippen LogP contribution in [0.3, 0.4) is 0 Å². The highest BCUT2D eigenvalue weighted by atomic mass is 79.9. The van der Waals surface area contributed by atoms with Crippen LogP contribution in [0.4, 0.5) is 0 Å². The molecule has 2 amide bonds. The van der Waals surface area contributed by atoms with E-state index in [2.05, 4.69) is 81.8 Å². The first-order chi connectivity index (χ1) is 18.4. The Morgan fingerprint density at radius 3 is 2.45 bits per heavy atom. The van der Waals surface area contributed by atoms with Crippen LogP contribution in [0.1, 0.15) is 74.0 Å². The van der Waals surface area contributed by atoms with Gasteiger partial charge in [-0.1, -0.05) is 85.4 Å². The third-order valence-electron chi connectivity index (χ3n) is 7.45. The molecule has 4 rings (SSSR count). The number of rotatable bonds is 11. The van der Waals surface area contributed by atoms with Crippen molar-refractivity contribution in [3.8, 4) is 0 Å². The average molecular weight is 579 g/mol. The Kier molecular flexibility index (Phi) is 10.2. The zero-order chi connectivity index (χ0) is 26.9. The number of carbonyl (C=O) groups excluding carboxylic acids is 2. The van der Waals surface area contributed by atoms with E-state index >= 15 is 0 Å². The van der Waals surface area contributed by atoms with E-state index in [0.717, 1.165) is 48.8 Å². The quantitative estimate of drug-likeness (QED) is 0.243. The van der Waals surface area contributed by atoms with Gasteiger partial charge >= 0.3 is 0 Å². The maximum absolute atomic E-state index is 14.0. The summed E-state index contributed by atoms with van der Waals surface area (Å²) in [6.07, 6.45) is 8.52. The summed E-state index contributed by atoms with van der Waals surface area (Å²) >= 11 is 3.48. The smallest absolute Gasteiger partial charge is 0.254 e. The van der Waals surface area contributed by atoms with Crippen molar-refractivity contribution in [1.29, 1.82) is 0 Å². The molecule has 3 aromatic rings. The lowest BCUT2D eigenvalue weighted by atomic mass is 9.94. The lowest BCUT2D eigenvalue weighted by Gasteiger charge is -2.36. The number of hydrogen-bond donors (Lipinski definition) is 0. The van der Waals surface area contributed by atoms with Crippen LogP contribution in [0, 0.1) is 5.92 Å². The summed E-state index contributed by atoms with van der Waals surface area (Å²) in [4.78, 5) is 31.4. The van der Waals surface area contributed by atoms with Crippen molar-refractivity contribution < 1.29 is 9.59 Å². The van der Waals surface area contributed by atoms with Crippen LogP contribution in [0.2, 0.25) is 0 Å². The van der Waals surface area contributed by atoms with Crippen molar-refractivity contribution in [3.63, 3.8) is 0 Å². The summed E-state index contributed by atoms with van der Waals surface area (Å²) in [5.74, 6) is 0.395. The van der Waals surface area contributed by atoms with E-state index in [1.807, 2.05) is 30.3 Å². The standard InChI is InChI=1S/C32H40BrN3O2/c1-25(2)18-20-35(32(38)27-13-9-14-28(33)21-27)24-31(37)36(29-15-7-4-8-16-29)23-30-17-10-19-34(30)22-26-11-5-3-6-12-26/h3,5-6,9-14,17,19,21,25,29H,4,7-8,15-16,18,20,22-24H2,1-2H3. The second kappa shape index (κ2) is 13.8. The Bertz CT molecular complexity index is 1180. The molecule has 6 heteroatoms. The van der Waals surface area contributed by atoms with E-state index in [4.69, 9.17) is 0 Å². The molecule has 1 aromatic heterocycles. The number of hydrogen-bond acceptors (Lipinski definition) is 2. The highest BCUT2D eigenvalue weighted by Crippen LogP contribution is 2.25. The first-order valence-electron chi connectivity index (χ1n) is 13.9. The minimum atomic E-state index is -0.0867. The third-order valence-corrected chi connectivity index (χ3v) is 7.94. The molecule has 0 spiro atoms. The average Bonchev–Trinajstić information content (AvgIpc) is 3.36. The van der Waals surface area contributed by atoms with Gasteiger partial charge in [0.2, 0.25) is 5.91 Å². The second-order valence-electron chi connectivity index (χ2n) is 10.8. The molecular formula is C32H40BrN3O2. The first-order valence-corrected chi connectivity index (χ1v) is 14.7. The molecule has 1 aliphatic rings. The molecule has 38 heavy (non-hydrogen) atoms. The fraction of sp³-hybridized carbons (Fsp3) is 0.438. The second-order valence-corrected chi connectivity index (χ2v) is 11.8. The molecule has 1 aliphatic carbocycles. The summed E-state index contributed by atoms with van der Waals surface area (Å²) in [6.45, 7) is 6.31. The van der Waals surface area contributed by atoms with Crippen LogP contribution in [0.15, 0.2) is 77.4 Å². The fourth-order valence-corrected chi connectivity index (χ4v) is 5.64. The molecule has 0 radical (unpaired) electrons. The lowest BCUT2D eigenvalue weighted by Crippen LogP contribution is -2.48. The normalized spacial score (nSPS) is 14.0. The van der Waals surface area contributed by atoms with Gasteiger partial charge < -0.3 is 14.4 Å². The van der Waals surface area contributed by atoms with Crippen LogP contribution in [0.5, 0.6) is 0 Å². The van der Waals surface area contributed by atoms with Crippen molar-refractivity contribution >= 4 is 27.7 Å². The minimum absolute atomic E-state index is 0.0384. The molecule has 2 aromatic carbocycles. The predicted octanol–water partition coefficient (Wildman–Crippen LogP) is 7.15. The van der Waals surface area contributed by atoms with Gasteiger partial charge in [-0.05, 0) is 61.1 Å². The topological polar surface area (TPSA) is 45.6 Å². The van der Waals surface area contributed by atoms with Gasteiger partial charge in [0.25, 0.3) is 5.91 Å². The number of benzene rings is 2. The van der Waals surface area contributed by atoms with Gasteiger partial charge in [0.1, 0.15) is 6.54 Å². The SMILES string of the molecule is CC(C)CCN(CC(=O)N(Cc1cccn1Cc1ccccc1)C1CCCCC1)C(=O)c1cccc(Br)c1. The van der Waals surface area contributed by atoms with Crippen LogP contribution in [0.25, 0.3) is 0 Å². The summed E-state index contributed by atoms with van der Waals surface area (Å²) in [6, 6.07) is 22.3. The molecule has 0 atom stereocenters. The molecule has 5 nitrogen and oxygen atoms in total. The number of aromatic nitrogens is 1. The number of nitrogens with zero attached hydrogens (tertiary/aromatic N) is 3. The highest BCUT2D eigenvalue weighted by Gasteiger charge is 2.29. The van der Waals surface area contributed by atoms with Gasteiger partial charge in [-0.15, -0.1) is 0 Å². The molecule has 1 saturated carbocycles. The zero-order valence-corrected chi connectivity index (χ0v) is 24.3. The molecule has 0 saturated heterocycles. The van der Waals surface area contributed by atoms with Crippen molar-refractivity contribution in [2.45, 2.75) is 71.5 Å². The van der Waals surface area contributed by atoms with Gasteiger partial charge in [-0.3, -0.25) is 9.59 Å². The first kappa shape index (κ1) is 28.2. The molecule has 1 fully saturated rings. The van der Waals surface area contributed by atoms with E-state index in [-0.39, 0.29) is 24.4 Å². The number of amides is 2. The third kappa shape index (κ3) is 7.83. The van der Waals surface area contributed by atoms with Gasteiger partial charge in [-0.2, -0.15) is 0 Å². The monoisotopic (exact) mass is 577 g/mol. The van der Waals surface area contributed by atoms with E-state index in [9.17, 15) is 9.59 Å². The molecular weight excluding hydrogens is 538 g/mol. The molecule has 202 valence electrons. The Labute approximate surface area is 236 Å². The van der Waals surface area contributed by atoms with Crippen molar-refractivity contribution in [2.24, 2.45) is 5.92 Å². The maximum atomic E-state index is 14.0. The van der Waals surface area contributed by atoms with E-state index in [1.165, 1.54) is 12.0 Å². The van der Waals surface area contributed by atoms with Gasteiger partial charge in [0.15, 0.2) is 0 Å². The molecule has 0 aliphatic heterocycles. The minimum Gasteiger partial charge on any atom is -0.345 e. The van der Waals surface area contributed by atoms with Gasteiger partial charge in [0, 0.05) is 41.1 Å². The van der Waals surface area contributed by atoms with Crippen LogP contribution >= 0.6 is 15.9 Å². The highest BCUT2D eigenvalue weighted by molar-refractivity contribution is 9.10. The Balaban J connectivity index is 1.55. The summed E-state index contributed by atoms with van der Waals surface area (Å²) in [7, 11) is 0. The molecule has 0 N–H and O–H groups in total. The Morgan fingerprint density at radius 2 is 1.74 bits per heavy atom. The summed E-state index contributed by atoms with van der Waals surface area (Å²) < 4.78 is 3.10. The molecule has 0 unspecified atom stereocenters. The fourth-order valence-electron chi connectivity index (χ4n) is 5.24. The maximum Gasteiger partial charge on any atom is 0.254 e. The number of carbonyl (C=O) groups is 2. The Morgan fingerprint density at radius 1 is 0.974 bits per heavy atom. The van der Waals surface area contributed by atoms with Crippen molar-refractivity contribution in [3.05, 3.63) is 94.2 Å². The largest absolute Gasteiger partial charge is 0.345 e. The molecule has 1 heterocycles. The van der Waals surface area contributed by atoms with E-state index < -0.39 is 0 Å². The summed E-state index contributed by atoms with van der Waals surface area (Å²) in [5, 5.41) is 0. The van der Waals surface area contributed by atoms with Crippen molar-refractivity contribution in [2.75, 3.05) is 13.1 Å². The Hall–Kier alpha value is -2.86. The van der Waals surface area contributed by atoms with Gasteiger partial charge in [0.05, 0.1) is 6.54 Å².